The summed E-state index contributed by atoms with van der Waals surface area (Å²) >= 11 is 8.98. The summed E-state index contributed by atoms with van der Waals surface area (Å²) < 4.78 is 14.3. The minimum atomic E-state index is -0.392. The zero-order valence-electron chi connectivity index (χ0n) is 8.05. The van der Waals surface area contributed by atoms with E-state index in [1.54, 1.807) is 30.6 Å². The summed E-state index contributed by atoms with van der Waals surface area (Å²) in [6.07, 6.45) is 3.26. The standard InChI is InChI=1S/C11H7BrClFN2/c12-8-6-15-4-3-10(8)16-11-2-1-7(13)5-9(11)14/h1-6H,(H,15,16). The van der Waals surface area contributed by atoms with Crippen molar-refractivity contribution in [1.29, 1.82) is 0 Å². The molecule has 0 aliphatic carbocycles. The van der Waals surface area contributed by atoms with Crippen LogP contribution in [0.3, 0.4) is 0 Å². The third-order valence-corrected chi connectivity index (χ3v) is 2.84. The van der Waals surface area contributed by atoms with Gasteiger partial charge in [-0.1, -0.05) is 11.6 Å². The number of rotatable bonds is 2. The largest absolute Gasteiger partial charge is 0.352 e. The van der Waals surface area contributed by atoms with Gasteiger partial charge in [0.1, 0.15) is 5.82 Å². The van der Waals surface area contributed by atoms with E-state index in [4.69, 9.17) is 11.6 Å². The van der Waals surface area contributed by atoms with Crippen LogP contribution < -0.4 is 5.32 Å². The van der Waals surface area contributed by atoms with Crippen molar-refractivity contribution in [2.45, 2.75) is 0 Å². The van der Waals surface area contributed by atoms with Gasteiger partial charge in [-0.15, -0.1) is 0 Å². The second-order valence-electron chi connectivity index (χ2n) is 3.10. The number of hydrogen-bond acceptors (Lipinski definition) is 2. The number of halogens is 3. The molecule has 0 bridgehead atoms. The van der Waals surface area contributed by atoms with Gasteiger partial charge in [-0.25, -0.2) is 4.39 Å². The molecule has 2 nitrogen and oxygen atoms in total. The number of nitrogens with zero attached hydrogens (tertiary/aromatic N) is 1. The summed E-state index contributed by atoms with van der Waals surface area (Å²) in [5, 5.41) is 3.32. The molecule has 0 aliphatic rings. The van der Waals surface area contributed by atoms with Crippen LogP contribution in [0.1, 0.15) is 0 Å². The average molecular weight is 302 g/mol. The molecule has 0 saturated carbocycles. The topological polar surface area (TPSA) is 24.9 Å². The number of benzene rings is 1. The Balaban J connectivity index is 2.31. The van der Waals surface area contributed by atoms with Gasteiger partial charge in [-0.05, 0) is 40.2 Å². The van der Waals surface area contributed by atoms with Gasteiger partial charge in [0.15, 0.2) is 0 Å². The lowest BCUT2D eigenvalue weighted by Gasteiger charge is -2.08. The lowest BCUT2D eigenvalue weighted by Crippen LogP contribution is -1.94. The Morgan fingerprint density at radius 2 is 2.06 bits per heavy atom. The fourth-order valence-corrected chi connectivity index (χ4v) is 1.72. The Morgan fingerprint density at radius 1 is 1.25 bits per heavy atom. The molecule has 0 amide bonds. The first-order valence-corrected chi connectivity index (χ1v) is 5.65. The second kappa shape index (κ2) is 4.80. The van der Waals surface area contributed by atoms with E-state index in [9.17, 15) is 4.39 Å². The number of aromatic nitrogens is 1. The number of nitrogens with one attached hydrogen (secondary N) is 1. The second-order valence-corrected chi connectivity index (χ2v) is 4.40. The lowest BCUT2D eigenvalue weighted by molar-refractivity contribution is 0.632. The summed E-state index contributed by atoms with van der Waals surface area (Å²) in [5.41, 5.74) is 1.12. The molecule has 5 heteroatoms. The summed E-state index contributed by atoms with van der Waals surface area (Å²) in [6.45, 7) is 0. The van der Waals surface area contributed by atoms with Crippen LogP contribution in [0, 0.1) is 5.82 Å². The minimum Gasteiger partial charge on any atom is -0.352 e. The molecule has 0 spiro atoms. The van der Waals surface area contributed by atoms with E-state index in [1.807, 2.05) is 0 Å². The van der Waals surface area contributed by atoms with Crippen molar-refractivity contribution >= 4 is 38.9 Å². The third-order valence-electron chi connectivity index (χ3n) is 1.97. The highest BCUT2D eigenvalue weighted by Crippen LogP contribution is 2.27. The maximum absolute atomic E-state index is 13.5. The van der Waals surface area contributed by atoms with Crippen molar-refractivity contribution in [3.8, 4) is 0 Å². The molecule has 2 aromatic rings. The van der Waals surface area contributed by atoms with Gasteiger partial charge in [0, 0.05) is 17.4 Å². The molecule has 1 aromatic heterocycles. The van der Waals surface area contributed by atoms with E-state index in [-0.39, 0.29) is 0 Å². The SMILES string of the molecule is Fc1cc(Cl)ccc1Nc1ccncc1Br. The lowest BCUT2D eigenvalue weighted by atomic mass is 10.3. The van der Waals surface area contributed by atoms with Crippen molar-refractivity contribution in [3.05, 3.63) is 52.0 Å². The number of anilines is 2. The van der Waals surface area contributed by atoms with Gasteiger partial charge in [0.25, 0.3) is 0 Å². The van der Waals surface area contributed by atoms with E-state index in [0.29, 0.717) is 10.7 Å². The van der Waals surface area contributed by atoms with Crippen molar-refractivity contribution in [2.24, 2.45) is 0 Å². The first kappa shape index (κ1) is 11.4. The zero-order valence-corrected chi connectivity index (χ0v) is 10.4. The van der Waals surface area contributed by atoms with Crippen LogP contribution >= 0.6 is 27.5 Å². The number of pyridine rings is 1. The quantitative estimate of drug-likeness (QED) is 0.890. The van der Waals surface area contributed by atoms with Gasteiger partial charge in [-0.3, -0.25) is 4.98 Å². The van der Waals surface area contributed by atoms with Crippen molar-refractivity contribution < 1.29 is 4.39 Å². The molecule has 0 atom stereocenters. The molecule has 16 heavy (non-hydrogen) atoms. The van der Waals surface area contributed by atoms with E-state index in [0.717, 1.165) is 10.2 Å². The molecule has 1 heterocycles. The summed E-state index contributed by atoms with van der Waals surface area (Å²) in [7, 11) is 0. The van der Waals surface area contributed by atoms with Gasteiger partial charge in [0.2, 0.25) is 0 Å². The highest BCUT2D eigenvalue weighted by molar-refractivity contribution is 9.10. The number of hydrogen-bond donors (Lipinski definition) is 1. The first-order valence-electron chi connectivity index (χ1n) is 4.48. The molecule has 1 N–H and O–H groups in total. The average Bonchev–Trinajstić information content (AvgIpc) is 2.25. The molecule has 2 rings (SSSR count). The van der Waals surface area contributed by atoms with E-state index < -0.39 is 5.82 Å². The molecular weight excluding hydrogens is 294 g/mol. The molecule has 0 unspecified atom stereocenters. The van der Waals surface area contributed by atoms with Crippen LogP contribution in [0.4, 0.5) is 15.8 Å². The fraction of sp³-hybridized carbons (Fsp3) is 0. The predicted octanol–water partition coefficient (Wildman–Crippen LogP) is 4.38. The van der Waals surface area contributed by atoms with Crippen LogP contribution in [0.2, 0.25) is 5.02 Å². The summed E-state index contributed by atoms with van der Waals surface area (Å²) in [6, 6.07) is 6.23. The Bertz CT molecular complexity index is 519. The first-order chi connectivity index (χ1) is 7.66. The molecule has 0 fully saturated rings. The van der Waals surface area contributed by atoms with Crippen LogP contribution in [0.5, 0.6) is 0 Å². The minimum absolute atomic E-state index is 0.372. The van der Waals surface area contributed by atoms with Gasteiger partial charge < -0.3 is 5.32 Å². The zero-order chi connectivity index (χ0) is 11.5. The molecule has 0 radical (unpaired) electrons. The van der Waals surface area contributed by atoms with Crippen LogP contribution in [0.15, 0.2) is 41.1 Å². The van der Waals surface area contributed by atoms with Gasteiger partial charge in [0.05, 0.1) is 15.8 Å². The van der Waals surface area contributed by atoms with Crippen LogP contribution in [-0.4, -0.2) is 4.98 Å². The highest BCUT2D eigenvalue weighted by atomic mass is 79.9. The van der Waals surface area contributed by atoms with E-state index in [1.165, 1.54) is 6.07 Å². The smallest absolute Gasteiger partial charge is 0.148 e. The van der Waals surface area contributed by atoms with Crippen molar-refractivity contribution in [1.82, 2.24) is 4.98 Å². The molecule has 1 aromatic carbocycles. The monoisotopic (exact) mass is 300 g/mol. The highest BCUT2D eigenvalue weighted by Gasteiger charge is 2.05. The van der Waals surface area contributed by atoms with E-state index in [2.05, 4.69) is 26.2 Å². The molecule has 0 saturated heterocycles. The van der Waals surface area contributed by atoms with Crippen molar-refractivity contribution in [3.63, 3.8) is 0 Å². The Morgan fingerprint density at radius 3 is 2.75 bits per heavy atom. The Kier molecular flexibility index (Phi) is 3.41. The van der Waals surface area contributed by atoms with Crippen LogP contribution in [-0.2, 0) is 0 Å². The van der Waals surface area contributed by atoms with Crippen molar-refractivity contribution in [2.75, 3.05) is 5.32 Å². The normalized spacial score (nSPS) is 10.2. The molecular formula is C11H7BrClFN2. The molecule has 82 valence electrons. The Hall–Kier alpha value is -1.13. The maximum atomic E-state index is 13.5. The van der Waals surface area contributed by atoms with Gasteiger partial charge in [-0.2, -0.15) is 0 Å². The summed E-state index contributed by atoms with van der Waals surface area (Å²) in [4.78, 5) is 3.92. The molecule has 0 aliphatic heterocycles. The maximum Gasteiger partial charge on any atom is 0.148 e. The predicted molar refractivity (Wildman–Crippen MR) is 66.6 cm³/mol. The summed E-state index contributed by atoms with van der Waals surface area (Å²) in [5.74, 6) is -0.392. The fourth-order valence-electron chi connectivity index (χ4n) is 1.21. The van der Waals surface area contributed by atoms with Crippen LogP contribution in [0.25, 0.3) is 0 Å². The third kappa shape index (κ3) is 2.51. The Labute approximate surface area is 106 Å². The van der Waals surface area contributed by atoms with E-state index >= 15 is 0 Å². The van der Waals surface area contributed by atoms with Gasteiger partial charge >= 0.3 is 0 Å².